The van der Waals surface area contributed by atoms with E-state index in [0.29, 0.717) is 0 Å². The minimum atomic E-state index is -0.367. The highest BCUT2D eigenvalue weighted by Gasteiger charge is 2.25. The van der Waals surface area contributed by atoms with Crippen molar-refractivity contribution in [2.75, 3.05) is 0 Å². The first-order valence-electron chi connectivity index (χ1n) is 3.41. The summed E-state index contributed by atoms with van der Waals surface area (Å²) in [6, 6.07) is -0.188. The quantitative estimate of drug-likeness (QED) is 0.401. The van der Waals surface area contributed by atoms with E-state index < -0.39 is 0 Å². The van der Waals surface area contributed by atoms with Crippen LogP contribution in [0.2, 0.25) is 0 Å². The molecule has 1 aliphatic rings. The van der Waals surface area contributed by atoms with Gasteiger partial charge in [-0.15, -0.1) is 0 Å². The molecule has 1 aliphatic carbocycles. The molecule has 3 heteroatoms. The van der Waals surface area contributed by atoms with Crippen LogP contribution < -0.4 is 11.5 Å². The molecule has 5 N–H and O–H groups in total. The van der Waals surface area contributed by atoms with Crippen LogP contribution in [0.1, 0.15) is 19.3 Å². The minimum absolute atomic E-state index is 0.00810. The molecule has 0 saturated heterocycles. The van der Waals surface area contributed by atoms with E-state index in [0.717, 1.165) is 19.3 Å². The number of nitrogens with two attached hydrogens (primary N) is 2. The molecular weight excluding hydrogens is 116 g/mol. The van der Waals surface area contributed by atoms with Crippen LogP contribution in [0.15, 0.2) is 0 Å². The Morgan fingerprint density at radius 2 is 1.89 bits per heavy atom. The lowest BCUT2D eigenvalue weighted by Crippen LogP contribution is -2.51. The highest BCUT2D eigenvalue weighted by Crippen LogP contribution is 2.15. The Morgan fingerprint density at radius 3 is 2.33 bits per heavy atom. The summed E-state index contributed by atoms with van der Waals surface area (Å²) in [7, 11) is 0. The zero-order valence-corrected chi connectivity index (χ0v) is 5.46. The average molecular weight is 130 g/mol. The topological polar surface area (TPSA) is 72.3 Å². The van der Waals surface area contributed by atoms with Gasteiger partial charge in [0, 0.05) is 12.1 Å². The molecule has 0 aromatic heterocycles. The number of aliphatic hydroxyl groups is 1. The maximum Gasteiger partial charge on any atom is 0.0706 e. The number of aliphatic hydroxyl groups excluding tert-OH is 1. The fraction of sp³-hybridized carbons (Fsp3) is 1.00. The fourth-order valence-corrected chi connectivity index (χ4v) is 1.23. The second kappa shape index (κ2) is 2.64. The lowest BCUT2D eigenvalue weighted by molar-refractivity contribution is 0.0976. The van der Waals surface area contributed by atoms with Crippen molar-refractivity contribution < 1.29 is 5.11 Å². The fourth-order valence-electron chi connectivity index (χ4n) is 1.23. The molecule has 0 spiro atoms. The van der Waals surface area contributed by atoms with Gasteiger partial charge in [0.1, 0.15) is 0 Å². The van der Waals surface area contributed by atoms with E-state index in [1.807, 2.05) is 0 Å². The standard InChI is InChI=1S/C6H14N2O/c7-4-2-1-3-5(9)6(4)8/h4-6,9H,1-3,7-8H2/t4-,5+,6+/m0/s1. The van der Waals surface area contributed by atoms with E-state index in [2.05, 4.69) is 0 Å². The van der Waals surface area contributed by atoms with Gasteiger partial charge in [0.2, 0.25) is 0 Å². The van der Waals surface area contributed by atoms with E-state index in [-0.39, 0.29) is 18.2 Å². The first kappa shape index (κ1) is 6.99. The van der Waals surface area contributed by atoms with Crippen LogP contribution in [0.5, 0.6) is 0 Å². The summed E-state index contributed by atoms with van der Waals surface area (Å²) in [6.07, 6.45) is 2.41. The van der Waals surface area contributed by atoms with Gasteiger partial charge < -0.3 is 16.6 Å². The summed E-state index contributed by atoms with van der Waals surface area (Å²) >= 11 is 0. The Hall–Kier alpha value is -0.120. The first-order chi connectivity index (χ1) is 4.22. The summed E-state index contributed by atoms with van der Waals surface area (Å²) in [5.74, 6) is 0. The Balaban J connectivity index is 2.41. The molecule has 3 nitrogen and oxygen atoms in total. The van der Waals surface area contributed by atoms with Crippen LogP contribution in [0.4, 0.5) is 0 Å². The van der Waals surface area contributed by atoms with Crippen molar-refractivity contribution in [1.82, 2.24) is 0 Å². The molecule has 54 valence electrons. The van der Waals surface area contributed by atoms with Gasteiger partial charge in [-0.1, -0.05) is 0 Å². The van der Waals surface area contributed by atoms with Gasteiger partial charge in [-0.25, -0.2) is 0 Å². The minimum Gasteiger partial charge on any atom is -0.391 e. The highest BCUT2D eigenvalue weighted by atomic mass is 16.3. The summed E-state index contributed by atoms with van der Waals surface area (Å²) in [4.78, 5) is 0. The molecule has 9 heavy (non-hydrogen) atoms. The predicted molar refractivity (Wildman–Crippen MR) is 35.8 cm³/mol. The van der Waals surface area contributed by atoms with Gasteiger partial charge in [0.15, 0.2) is 0 Å². The Kier molecular flexibility index (Phi) is 2.05. The molecule has 0 amide bonds. The molecule has 1 fully saturated rings. The summed E-state index contributed by atoms with van der Waals surface area (Å²) in [6.45, 7) is 0. The molecule has 0 aromatic rings. The molecule has 0 aliphatic heterocycles. The maximum absolute atomic E-state index is 9.14. The van der Waals surface area contributed by atoms with Crippen molar-refractivity contribution in [3.8, 4) is 0 Å². The largest absolute Gasteiger partial charge is 0.391 e. The van der Waals surface area contributed by atoms with Crippen molar-refractivity contribution in [2.45, 2.75) is 37.5 Å². The van der Waals surface area contributed by atoms with E-state index in [9.17, 15) is 0 Å². The van der Waals surface area contributed by atoms with E-state index >= 15 is 0 Å². The Labute approximate surface area is 55.0 Å². The monoisotopic (exact) mass is 130 g/mol. The Bertz CT molecular complexity index is 87.1. The van der Waals surface area contributed by atoms with Crippen molar-refractivity contribution in [1.29, 1.82) is 0 Å². The first-order valence-corrected chi connectivity index (χ1v) is 3.41. The molecule has 0 aromatic carbocycles. The predicted octanol–water partition coefficient (Wildman–Crippen LogP) is -0.814. The number of hydrogen-bond donors (Lipinski definition) is 3. The van der Waals surface area contributed by atoms with Gasteiger partial charge in [0.25, 0.3) is 0 Å². The van der Waals surface area contributed by atoms with Crippen LogP contribution in [0, 0.1) is 0 Å². The van der Waals surface area contributed by atoms with E-state index in [1.165, 1.54) is 0 Å². The lowest BCUT2D eigenvalue weighted by Gasteiger charge is -2.29. The lowest BCUT2D eigenvalue weighted by atomic mass is 9.89. The SMILES string of the molecule is N[C@H]1[C@H](O)CCC[C@@H]1N. The zero-order valence-electron chi connectivity index (χ0n) is 5.46. The van der Waals surface area contributed by atoms with Crippen molar-refractivity contribution in [2.24, 2.45) is 11.5 Å². The van der Waals surface area contributed by atoms with Crippen molar-refractivity contribution in [3.63, 3.8) is 0 Å². The van der Waals surface area contributed by atoms with Gasteiger partial charge >= 0.3 is 0 Å². The molecule has 0 unspecified atom stereocenters. The van der Waals surface area contributed by atoms with Crippen LogP contribution in [-0.2, 0) is 0 Å². The molecule has 1 saturated carbocycles. The van der Waals surface area contributed by atoms with Crippen molar-refractivity contribution in [3.05, 3.63) is 0 Å². The smallest absolute Gasteiger partial charge is 0.0706 e. The third kappa shape index (κ3) is 1.41. The van der Waals surface area contributed by atoms with Gasteiger partial charge in [-0.05, 0) is 19.3 Å². The zero-order chi connectivity index (χ0) is 6.85. The summed E-state index contributed by atoms with van der Waals surface area (Å²) in [5.41, 5.74) is 11.1. The third-order valence-corrected chi connectivity index (χ3v) is 1.98. The average Bonchev–Trinajstić information content (AvgIpc) is 1.83. The maximum atomic E-state index is 9.14. The second-order valence-corrected chi connectivity index (χ2v) is 2.74. The highest BCUT2D eigenvalue weighted by molar-refractivity contribution is 4.86. The van der Waals surface area contributed by atoms with Gasteiger partial charge in [0.05, 0.1) is 6.10 Å². The molecule has 0 bridgehead atoms. The normalized spacial score (nSPS) is 45.0. The van der Waals surface area contributed by atoms with E-state index in [4.69, 9.17) is 16.6 Å². The Morgan fingerprint density at radius 1 is 1.22 bits per heavy atom. The van der Waals surface area contributed by atoms with Gasteiger partial charge in [-0.2, -0.15) is 0 Å². The summed E-state index contributed by atoms with van der Waals surface area (Å²) in [5, 5.41) is 9.14. The van der Waals surface area contributed by atoms with E-state index in [1.54, 1.807) is 0 Å². The molecule has 1 rings (SSSR count). The number of rotatable bonds is 0. The van der Waals surface area contributed by atoms with Gasteiger partial charge in [-0.3, -0.25) is 0 Å². The third-order valence-electron chi connectivity index (χ3n) is 1.98. The van der Waals surface area contributed by atoms with Crippen molar-refractivity contribution >= 4 is 0 Å². The molecular formula is C6H14N2O. The molecule has 3 atom stereocenters. The molecule has 0 heterocycles. The van der Waals surface area contributed by atoms with Crippen LogP contribution in [0.25, 0.3) is 0 Å². The van der Waals surface area contributed by atoms with Crippen LogP contribution in [-0.4, -0.2) is 23.3 Å². The summed E-state index contributed by atoms with van der Waals surface area (Å²) < 4.78 is 0. The second-order valence-electron chi connectivity index (χ2n) is 2.74. The van der Waals surface area contributed by atoms with Crippen LogP contribution in [0.3, 0.4) is 0 Å². The number of hydrogen-bond acceptors (Lipinski definition) is 3. The molecule has 0 radical (unpaired) electrons. The van der Waals surface area contributed by atoms with Crippen LogP contribution >= 0.6 is 0 Å².